The molecule has 0 aliphatic carbocycles. The van der Waals surface area contributed by atoms with Crippen LogP contribution in [0.25, 0.3) is 0 Å². The van der Waals surface area contributed by atoms with Crippen LogP contribution in [0.5, 0.6) is 5.75 Å². The van der Waals surface area contributed by atoms with Crippen molar-refractivity contribution in [2.24, 2.45) is 5.73 Å². The summed E-state index contributed by atoms with van der Waals surface area (Å²) in [6.07, 6.45) is 1.82. The van der Waals surface area contributed by atoms with Gasteiger partial charge < -0.3 is 10.8 Å². The number of benzene rings is 1. The molecular formula is C12H16N4O. The van der Waals surface area contributed by atoms with E-state index in [4.69, 9.17) is 5.73 Å². The number of phenols is 1. The Bertz CT molecular complexity index is 513. The van der Waals surface area contributed by atoms with Crippen LogP contribution in [0.2, 0.25) is 0 Å². The molecule has 1 aromatic carbocycles. The quantitative estimate of drug-likeness (QED) is 0.834. The molecule has 2 aromatic rings. The number of aromatic nitrogens is 3. The van der Waals surface area contributed by atoms with E-state index < -0.39 is 5.54 Å². The van der Waals surface area contributed by atoms with E-state index in [1.54, 1.807) is 22.9 Å². The first-order valence-corrected chi connectivity index (χ1v) is 5.42. The molecule has 0 radical (unpaired) electrons. The number of hydrogen-bond donors (Lipinski definition) is 2. The van der Waals surface area contributed by atoms with Crippen LogP contribution in [0, 0.1) is 0 Å². The smallest absolute Gasteiger partial charge is 0.115 e. The lowest BCUT2D eigenvalue weighted by atomic mass is 10.0. The van der Waals surface area contributed by atoms with Crippen LogP contribution in [0.1, 0.15) is 25.1 Å². The predicted molar refractivity (Wildman–Crippen MR) is 64.4 cm³/mol. The molecule has 5 nitrogen and oxygen atoms in total. The molecule has 0 unspecified atom stereocenters. The third kappa shape index (κ3) is 2.82. The van der Waals surface area contributed by atoms with Crippen LogP contribution in [0.3, 0.4) is 0 Å². The van der Waals surface area contributed by atoms with Crippen molar-refractivity contribution in [2.45, 2.75) is 25.9 Å². The maximum Gasteiger partial charge on any atom is 0.115 e. The zero-order chi connectivity index (χ0) is 12.5. The SMILES string of the molecule is CC(C)(N)c1cn(Cc2cccc(O)c2)nn1. The van der Waals surface area contributed by atoms with E-state index in [-0.39, 0.29) is 5.75 Å². The third-order valence-corrected chi connectivity index (χ3v) is 2.45. The van der Waals surface area contributed by atoms with E-state index in [1.165, 1.54) is 0 Å². The van der Waals surface area contributed by atoms with Gasteiger partial charge in [-0.2, -0.15) is 0 Å². The largest absolute Gasteiger partial charge is 0.508 e. The molecule has 90 valence electrons. The molecule has 17 heavy (non-hydrogen) atoms. The zero-order valence-electron chi connectivity index (χ0n) is 9.96. The Morgan fingerprint density at radius 2 is 2.18 bits per heavy atom. The Hall–Kier alpha value is -1.88. The fourth-order valence-corrected chi connectivity index (χ4v) is 1.51. The number of nitrogens with two attached hydrogens (primary N) is 1. The molecule has 0 saturated heterocycles. The number of nitrogens with zero attached hydrogens (tertiary/aromatic N) is 3. The van der Waals surface area contributed by atoms with Crippen molar-refractivity contribution in [1.29, 1.82) is 0 Å². The minimum absolute atomic E-state index is 0.252. The first-order valence-electron chi connectivity index (χ1n) is 5.42. The molecule has 0 atom stereocenters. The second kappa shape index (κ2) is 4.18. The standard InChI is InChI=1S/C12H16N4O/c1-12(2,13)11-8-16(15-14-11)7-9-4-3-5-10(17)6-9/h3-6,8,17H,7,13H2,1-2H3. The van der Waals surface area contributed by atoms with E-state index in [1.807, 2.05) is 26.1 Å². The summed E-state index contributed by atoms with van der Waals surface area (Å²) in [6, 6.07) is 7.07. The topological polar surface area (TPSA) is 77.0 Å². The maximum absolute atomic E-state index is 9.36. The number of hydrogen-bond acceptors (Lipinski definition) is 4. The average Bonchev–Trinajstić information content (AvgIpc) is 2.65. The highest BCUT2D eigenvalue weighted by molar-refractivity contribution is 5.27. The molecule has 0 fully saturated rings. The monoisotopic (exact) mass is 232 g/mol. The van der Waals surface area contributed by atoms with Crippen molar-refractivity contribution >= 4 is 0 Å². The van der Waals surface area contributed by atoms with E-state index in [2.05, 4.69) is 10.3 Å². The molecule has 0 aliphatic heterocycles. The lowest BCUT2D eigenvalue weighted by Crippen LogP contribution is -2.29. The normalized spacial score (nSPS) is 11.7. The summed E-state index contributed by atoms with van der Waals surface area (Å²) < 4.78 is 1.71. The Morgan fingerprint density at radius 3 is 2.76 bits per heavy atom. The predicted octanol–water partition coefficient (Wildman–Crippen LogP) is 1.23. The fourth-order valence-electron chi connectivity index (χ4n) is 1.51. The third-order valence-electron chi connectivity index (χ3n) is 2.45. The van der Waals surface area contributed by atoms with E-state index in [0.29, 0.717) is 6.54 Å². The molecule has 1 aromatic heterocycles. The van der Waals surface area contributed by atoms with Crippen LogP contribution < -0.4 is 5.73 Å². The molecule has 5 heteroatoms. The summed E-state index contributed by atoms with van der Waals surface area (Å²) >= 11 is 0. The summed E-state index contributed by atoms with van der Waals surface area (Å²) in [5.74, 6) is 0.252. The van der Waals surface area contributed by atoms with Gasteiger partial charge in [0.2, 0.25) is 0 Å². The molecule has 0 spiro atoms. The van der Waals surface area contributed by atoms with Gasteiger partial charge in [-0.1, -0.05) is 17.3 Å². The van der Waals surface area contributed by atoms with Crippen molar-refractivity contribution in [3.8, 4) is 5.75 Å². The van der Waals surface area contributed by atoms with Gasteiger partial charge >= 0.3 is 0 Å². The fraction of sp³-hybridized carbons (Fsp3) is 0.333. The van der Waals surface area contributed by atoms with Crippen molar-refractivity contribution < 1.29 is 5.11 Å². The summed E-state index contributed by atoms with van der Waals surface area (Å²) in [6.45, 7) is 4.34. The van der Waals surface area contributed by atoms with Gasteiger partial charge in [-0.25, -0.2) is 4.68 Å². The first kappa shape index (κ1) is 11.6. The molecule has 2 rings (SSSR count). The summed E-state index contributed by atoms with van der Waals surface area (Å²) in [5.41, 5.74) is 7.16. The second-order valence-corrected chi connectivity index (χ2v) is 4.69. The molecule has 3 N–H and O–H groups in total. The van der Waals surface area contributed by atoms with E-state index in [0.717, 1.165) is 11.3 Å². The van der Waals surface area contributed by atoms with Gasteiger partial charge in [0.25, 0.3) is 0 Å². The molecular weight excluding hydrogens is 216 g/mol. The Labute approximate surface area is 99.9 Å². The van der Waals surface area contributed by atoms with Gasteiger partial charge in [0.05, 0.1) is 18.3 Å². The van der Waals surface area contributed by atoms with Gasteiger partial charge in [0, 0.05) is 0 Å². The van der Waals surface area contributed by atoms with E-state index >= 15 is 0 Å². The number of rotatable bonds is 3. The minimum Gasteiger partial charge on any atom is -0.508 e. The minimum atomic E-state index is -0.489. The Kier molecular flexibility index (Phi) is 2.85. The zero-order valence-corrected chi connectivity index (χ0v) is 9.96. The van der Waals surface area contributed by atoms with Crippen LogP contribution in [-0.4, -0.2) is 20.1 Å². The van der Waals surface area contributed by atoms with Crippen LogP contribution in [0.4, 0.5) is 0 Å². The van der Waals surface area contributed by atoms with Crippen molar-refractivity contribution in [3.63, 3.8) is 0 Å². The highest BCUT2D eigenvalue weighted by Gasteiger charge is 2.18. The van der Waals surface area contributed by atoms with Crippen molar-refractivity contribution in [2.75, 3.05) is 0 Å². The maximum atomic E-state index is 9.36. The van der Waals surface area contributed by atoms with Gasteiger partial charge in [-0.15, -0.1) is 5.10 Å². The first-order chi connectivity index (χ1) is 7.95. The lowest BCUT2D eigenvalue weighted by molar-refractivity contribution is 0.474. The number of aromatic hydroxyl groups is 1. The lowest BCUT2D eigenvalue weighted by Gasteiger charge is -2.13. The molecule has 0 saturated carbocycles. The Balaban J connectivity index is 2.17. The average molecular weight is 232 g/mol. The molecule has 0 aliphatic rings. The molecule has 0 amide bonds. The summed E-state index contributed by atoms with van der Waals surface area (Å²) in [7, 11) is 0. The van der Waals surface area contributed by atoms with Crippen LogP contribution >= 0.6 is 0 Å². The van der Waals surface area contributed by atoms with Gasteiger partial charge in [0.15, 0.2) is 0 Å². The van der Waals surface area contributed by atoms with Gasteiger partial charge in [-0.3, -0.25) is 0 Å². The van der Waals surface area contributed by atoms with E-state index in [9.17, 15) is 5.11 Å². The summed E-state index contributed by atoms with van der Waals surface area (Å²) in [4.78, 5) is 0. The number of phenolic OH excluding ortho intramolecular Hbond substituents is 1. The Morgan fingerprint density at radius 1 is 1.41 bits per heavy atom. The van der Waals surface area contributed by atoms with Crippen molar-refractivity contribution in [3.05, 3.63) is 41.7 Å². The van der Waals surface area contributed by atoms with Crippen LogP contribution in [-0.2, 0) is 12.1 Å². The molecule has 1 heterocycles. The van der Waals surface area contributed by atoms with Gasteiger partial charge in [-0.05, 0) is 31.5 Å². The highest BCUT2D eigenvalue weighted by atomic mass is 16.3. The second-order valence-electron chi connectivity index (χ2n) is 4.69. The molecule has 0 bridgehead atoms. The van der Waals surface area contributed by atoms with Crippen LogP contribution in [0.15, 0.2) is 30.5 Å². The summed E-state index contributed by atoms with van der Waals surface area (Å²) in [5, 5.41) is 17.4. The van der Waals surface area contributed by atoms with Crippen molar-refractivity contribution in [1.82, 2.24) is 15.0 Å². The van der Waals surface area contributed by atoms with Gasteiger partial charge in [0.1, 0.15) is 11.4 Å². The highest BCUT2D eigenvalue weighted by Crippen LogP contribution is 2.15.